The number of para-hydroxylation sites is 2. The number of nitrogens with one attached hydrogen (secondary N) is 1. The van der Waals surface area contributed by atoms with Gasteiger partial charge in [-0.25, -0.2) is 12.8 Å². The molecule has 0 fully saturated rings. The fraction of sp³-hybridized carbons (Fsp3) is 0.188. The summed E-state index contributed by atoms with van der Waals surface area (Å²) >= 11 is 0. The van der Waals surface area contributed by atoms with E-state index in [2.05, 4.69) is 10.1 Å². The number of amides is 1. The average Bonchev–Trinajstić information content (AvgIpc) is 2.50. The first kappa shape index (κ1) is 18.8. The van der Waals surface area contributed by atoms with Crippen molar-refractivity contribution in [2.75, 3.05) is 11.1 Å². The molecule has 1 N–H and O–H groups in total. The molecule has 1 amide bonds. The van der Waals surface area contributed by atoms with E-state index >= 15 is 0 Å². The molecule has 0 saturated carbocycles. The Morgan fingerprint density at radius 1 is 1.08 bits per heavy atom. The van der Waals surface area contributed by atoms with Crippen LogP contribution in [0.25, 0.3) is 0 Å². The van der Waals surface area contributed by atoms with E-state index in [-0.39, 0.29) is 17.0 Å². The summed E-state index contributed by atoms with van der Waals surface area (Å²) in [5.74, 6) is -3.51. The van der Waals surface area contributed by atoms with Crippen LogP contribution >= 0.6 is 0 Å². The molecule has 0 aliphatic heterocycles. The minimum Gasteiger partial charge on any atom is -0.433 e. The van der Waals surface area contributed by atoms with E-state index in [9.17, 15) is 26.4 Å². The summed E-state index contributed by atoms with van der Waals surface area (Å²) in [5.41, 5.74) is -0.148. The zero-order chi connectivity index (χ0) is 18.4. The van der Waals surface area contributed by atoms with Gasteiger partial charge in [0, 0.05) is 5.56 Å². The van der Waals surface area contributed by atoms with Crippen molar-refractivity contribution in [1.82, 2.24) is 0 Å². The Morgan fingerprint density at radius 3 is 2.40 bits per heavy atom. The second-order valence-electron chi connectivity index (χ2n) is 5.05. The Labute approximate surface area is 142 Å². The van der Waals surface area contributed by atoms with E-state index in [4.69, 9.17) is 0 Å². The number of carbonyl (C=O) groups is 1. The molecule has 0 radical (unpaired) electrons. The molecule has 0 saturated heterocycles. The van der Waals surface area contributed by atoms with Gasteiger partial charge in [0.1, 0.15) is 17.3 Å². The van der Waals surface area contributed by atoms with Gasteiger partial charge in [-0.3, -0.25) is 4.79 Å². The summed E-state index contributed by atoms with van der Waals surface area (Å²) in [6.07, 6.45) is 0. The van der Waals surface area contributed by atoms with Crippen LogP contribution in [-0.2, 0) is 20.4 Å². The number of hydrogen-bond acceptors (Lipinski definition) is 4. The molecule has 0 unspecified atom stereocenters. The third-order valence-corrected chi connectivity index (χ3v) is 4.51. The van der Waals surface area contributed by atoms with E-state index in [1.54, 1.807) is 0 Å². The van der Waals surface area contributed by atoms with Gasteiger partial charge >= 0.3 is 6.61 Å². The molecule has 2 rings (SSSR count). The number of anilines is 1. The maximum absolute atomic E-state index is 13.5. The predicted molar refractivity (Wildman–Crippen MR) is 85.6 cm³/mol. The van der Waals surface area contributed by atoms with Crippen molar-refractivity contribution in [3.63, 3.8) is 0 Å². The lowest BCUT2D eigenvalue weighted by atomic mass is 10.2. The smallest absolute Gasteiger partial charge is 0.387 e. The molecule has 2 aromatic rings. The minimum atomic E-state index is -3.95. The molecule has 0 heterocycles. The molecular formula is C16H14F3NO4S. The van der Waals surface area contributed by atoms with E-state index in [1.807, 2.05) is 0 Å². The first-order valence-electron chi connectivity index (χ1n) is 7.04. The Morgan fingerprint density at radius 2 is 1.72 bits per heavy atom. The molecule has 2 aromatic carbocycles. The standard InChI is InChI=1S/C16H14F3NO4S/c17-12-6-2-1-5-11(12)9-25(22,23)10-15(21)20-13-7-3-4-8-14(13)24-16(18)19/h1-8,16H,9-10H2,(H,20,21). The fourth-order valence-electron chi connectivity index (χ4n) is 2.06. The van der Waals surface area contributed by atoms with Crippen molar-refractivity contribution in [1.29, 1.82) is 0 Å². The van der Waals surface area contributed by atoms with Crippen LogP contribution in [0, 0.1) is 5.82 Å². The lowest BCUT2D eigenvalue weighted by Gasteiger charge is -2.12. The summed E-state index contributed by atoms with van der Waals surface area (Å²) in [4.78, 5) is 11.9. The van der Waals surface area contributed by atoms with Gasteiger partial charge in [0.25, 0.3) is 0 Å². The SMILES string of the molecule is O=C(CS(=O)(=O)Cc1ccccc1F)Nc1ccccc1OC(F)F. The lowest BCUT2D eigenvalue weighted by molar-refractivity contribution is -0.114. The van der Waals surface area contributed by atoms with Crippen molar-refractivity contribution in [2.45, 2.75) is 12.4 Å². The summed E-state index contributed by atoms with van der Waals surface area (Å²) in [5, 5.41) is 2.20. The minimum absolute atomic E-state index is 0.0586. The third kappa shape index (κ3) is 5.79. The summed E-state index contributed by atoms with van der Waals surface area (Å²) < 4.78 is 66.5. The summed E-state index contributed by atoms with van der Waals surface area (Å²) in [6, 6.07) is 10.7. The van der Waals surface area contributed by atoms with Crippen LogP contribution in [0.1, 0.15) is 5.56 Å². The number of carbonyl (C=O) groups excluding carboxylic acids is 1. The van der Waals surface area contributed by atoms with Crippen molar-refractivity contribution in [2.24, 2.45) is 0 Å². The molecule has 0 spiro atoms. The maximum Gasteiger partial charge on any atom is 0.387 e. The Hall–Kier alpha value is -2.55. The Balaban J connectivity index is 2.06. The zero-order valence-electron chi connectivity index (χ0n) is 12.8. The van der Waals surface area contributed by atoms with E-state index in [1.165, 1.54) is 42.5 Å². The van der Waals surface area contributed by atoms with Crippen LogP contribution in [0.15, 0.2) is 48.5 Å². The first-order valence-corrected chi connectivity index (χ1v) is 8.86. The highest BCUT2D eigenvalue weighted by molar-refractivity contribution is 7.91. The monoisotopic (exact) mass is 373 g/mol. The largest absolute Gasteiger partial charge is 0.433 e. The van der Waals surface area contributed by atoms with Gasteiger partial charge in [-0.15, -0.1) is 0 Å². The van der Waals surface area contributed by atoms with Gasteiger partial charge in [0.15, 0.2) is 9.84 Å². The van der Waals surface area contributed by atoms with Gasteiger partial charge < -0.3 is 10.1 Å². The highest BCUT2D eigenvalue weighted by Gasteiger charge is 2.20. The van der Waals surface area contributed by atoms with Crippen LogP contribution in [0.5, 0.6) is 5.75 Å². The van der Waals surface area contributed by atoms with Gasteiger partial charge in [-0.1, -0.05) is 30.3 Å². The second-order valence-corrected chi connectivity index (χ2v) is 7.11. The van der Waals surface area contributed by atoms with Crippen molar-refractivity contribution < 1.29 is 31.1 Å². The number of alkyl halides is 2. The Kier molecular flexibility index (Phi) is 6.02. The lowest BCUT2D eigenvalue weighted by Crippen LogP contribution is -2.24. The molecule has 0 aliphatic rings. The third-order valence-electron chi connectivity index (χ3n) is 3.06. The Bertz CT molecular complexity index is 856. The van der Waals surface area contributed by atoms with Crippen LogP contribution < -0.4 is 10.1 Å². The van der Waals surface area contributed by atoms with Crippen LogP contribution in [-0.4, -0.2) is 26.7 Å². The van der Waals surface area contributed by atoms with Gasteiger partial charge in [0.2, 0.25) is 5.91 Å². The topological polar surface area (TPSA) is 72.5 Å². The second kappa shape index (κ2) is 8.02. The fourth-order valence-corrected chi connectivity index (χ4v) is 3.34. The van der Waals surface area contributed by atoms with Crippen molar-refractivity contribution >= 4 is 21.4 Å². The number of benzene rings is 2. The molecule has 25 heavy (non-hydrogen) atoms. The van der Waals surface area contributed by atoms with E-state index in [0.29, 0.717) is 0 Å². The molecule has 5 nitrogen and oxygen atoms in total. The predicted octanol–water partition coefficient (Wildman–Crippen LogP) is 2.98. The molecule has 0 atom stereocenters. The molecular weight excluding hydrogens is 359 g/mol. The molecule has 134 valence electrons. The number of ether oxygens (including phenoxy) is 1. The average molecular weight is 373 g/mol. The highest BCUT2D eigenvalue weighted by Crippen LogP contribution is 2.25. The number of sulfone groups is 1. The molecule has 0 bridgehead atoms. The highest BCUT2D eigenvalue weighted by atomic mass is 32.2. The first-order chi connectivity index (χ1) is 11.8. The number of hydrogen-bond donors (Lipinski definition) is 1. The zero-order valence-corrected chi connectivity index (χ0v) is 13.6. The van der Waals surface area contributed by atoms with Crippen LogP contribution in [0.3, 0.4) is 0 Å². The van der Waals surface area contributed by atoms with E-state index in [0.717, 1.165) is 6.07 Å². The molecule has 9 heteroatoms. The summed E-state index contributed by atoms with van der Waals surface area (Å²) in [7, 11) is -3.95. The van der Waals surface area contributed by atoms with Crippen LogP contribution in [0.4, 0.5) is 18.9 Å². The van der Waals surface area contributed by atoms with Crippen LogP contribution in [0.2, 0.25) is 0 Å². The van der Waals surface area contributed by atoms with Crippen molar-refractivity contribution in [3.8, 4) is 5.75 Å². The van der Waals surface area contributed by atoms with Gasteiger partial charge in [-0.05, 0) is 18.2 Å². The van der Waals surface area contributed by atoms with Gasteiger partial charge in [0.05, 0.1) is 11.4 Å². The van der Waals surface area contributed by atoms with Gasteiger partial charge in [-0.2, -0.15) is 8.78 Å². The van der Waals surface area contributed by atoms with E-state index < -0.39 is 39.7 Å². The molecule has 0 aromatic heterocycles. The van der Waals surface area contributed by atoms with Crippen molar-refractivity contribution in [3.05, 3.63) is 59.9 Å². The number of halogens is 3. The maximum atomic E-state index is 13.5. The summed E-state index contributed by atoms with van der Waals surface area (Å²) in [6.45, 7) is -3.09. The quantitative estimate of drug-likeness (QED) is 0.810. The number of rotatable bonds is 7. The normalized spacial score (nSPS) is 11.4. The molecule has 0 aliphatic carbocycles.